The smallest absolute Gasteiger partial charge is 0.108 e. The van der Waals surface area contributed by atoms with Gasteiger partial charge in [0, 0.05) is 5.54 Å². The molecular formula is C3HBrClN. The second-order valence-electron chi connectivity index (χ2n) is 0.569. The van der Waals surface area contributed by atoms with E-state index in [0.29, 0.717) is 4.48 Å². The van der Waals surface area contributed by atoms with Crippen LogP contribution in [0.3, 0.4) is 0 Å². The molecule has 0 unspecified atom stereocenters. The Hall–Kier alpha value is -0.0000000000000000555. The summed E-state index contributed by atoms with van der Waals surface area (Å²) in [7, 11) is 0. The van der Waals surface area contributed by atoms with Crippen molar-refractivity contribution in [2.75, 3.05) is 0 Å². The standard InChI is InChI=1S/C3HBrClN/c4-3(1-5)2-6/h1H/b3-1+. The fourth-order valence-corrected chi connectivity index (χ4v) is 0.0732. The van der Waals surface area contributed by atoms with Gasteiger partial charge in [0.25, 0.3) is 0 Å². The first-order chi connectivity index (χ1) is 2.81. The minimum atomic E-state index is 0.351. The van der Waals surface area contributed by atoms with E-state index in [9.17, 15) is 0 Å². The van der Waals surface area contributed by atoms with Crippen LogP contribution in [0.25, 0.3) is 0 Å². The Labute approximate surface area is 49.3 Å². The van der Waals surface area contributed by atoms with Crippen molar-refractivity contribution in [1.29, 1.82) is 5.26 Å². The van der Waals surface area contributed by atoms with Crippen molar-refractivity contribution in [3.63, 3.8) is 0 Å². The molecular weight excluding hydrogens is 165 g/mol. The van der Waals surface area contributed by atoms with Crippen LogP contribution in [0.2, 0.25) is 0 Å². The second-order valence-corrected chi connectivity index (χ2v) is 1.64. The van der Waals surface area contributed by atoms with Gasteiger partial charge in [-0.25, -0.2) is 0 Å². The molecule has 0 aromatic heterocycles. The van der Waals surface area contributed by atoms with E-state index in [1.165, 1.54) is 5.54 Å². The molecule has 0 aliphatic heterocycles. The van der Waals surface area contributed by atoms with Crippen molar-refractivity contribution in [3.8, 4) is 6.07 Å². The maximum absolute atomic E-state index is 7.89. The van der Waals surface area contributed by atoms with Crippen LogP contribution in [0.1, 0.15) is 0 Å². The molecule has 0 aromatic carbocycles. The van der Waals surface area contributed by atoms with Crippen LogP contribution in [0.5, 0.6) is 0 Å². The largest absolute Gasteiger partial charge is 0.192 e. The molecule has 0 fully saturated rings. The van der Waals surface area contributed by atoms with E-state index in [1.807, 2.05) is 0 Å². The number of hydrogen-bond acceptors (Lipinski definition) is 1. The predicted molar refractivity (Wildman–Crippen MR) is 28.5 cm³/mol. The van der Waals surface area contributed by atoms with Crippen molar-refractivity contribution >= 4 is 27.5 Å². The molecule has 0 aliphatic carbocycles. The average Bonchev–Trinajstić information content (AvgIpc) is 1.65. The molecule has 0 heterocycles. The Kier molecular flexibility index (Phi) is 3.20. The molecule has 6 heavy (non-hydrogen) atoms. The van der Waals surface area contributed by atoms with Gasteiger partial charge in [0.15, 0.2) is 0 Å². The summed E-state index contributed by atoms with van der Waals surface area (Å²) in [4.78, 5) is 0. The highest BCUT2D eigenvalue weighted by Gasteiger charge is 1.76. The molecule has 0 spiro atoms. The third kappa shape index (κ3) is 2.25. The van der Waals surface area contributed by atoms with Gasteiger partial charge in [-0.05, 0) is 15.9 Å². The Morgan fingerprint density at radius 3 is 2.50 bits per heavy atom. The first-order valence-electron chi connectivity index (χ1n) is 1.17. The predicted octanol–water partition coefficient (Wildman–Crippen LogP) is 1.99. The van der Waals surface area contributed by atoms with E-state index in [0.717, 1.165) is 0 Å². The van der Waals surface area contributed by atoms with Crippen LogP contribution < -0.4 is 0 Å². The lowest BCUT2D eigenvalue weighted by molar-refractivity contribution is 1.53. The molecule has 0 aromatic rings. The van der Waals surface area contributed by atoms with Gasteiger partial charge in [0.05, 0.1) is 0 Å². The third-order valence-corrected chi connectivity index (χ3v) is 1.09. The van der Waals surface area contributed by atoms with E-state index in [2.05, 4.69) is 15.9 Å². The van der Waals surface area contributed by atoms with Gasteiger partial charge in [0.2, 0.25) is 0 Å². The van der Waals surface area contributed by atoms with Gasteiger partial charge >= 0.3 is 0 Å². The van der Waals surface area contributed by atoms with Crippen molar-refractivity contribution in [3.05, 3.63) is 10.0 Å². The number of rotatable bonds is 0. The van der Waals surface area contributed by atoms with E-state index < -0.39 is 0 Å². The topological polar surface area (TPSA) is 23.8 Å². The maximum atomic E-state index is 7.89. The van der Waals surface area contributed by atoms with Crippen LogP contribution in [0, 0.1) is 11.3 Å². The Bertz CT molecular complexity index is 102. The monoisotopic (exact) mass is 165 g/mol. The molecule has 0 rings (SSSR count). The van der Waals surface area contributed by atoms with Crippen molar-refractivity contribution in [2.24, 2.45) is 0 Å². The minimum absolute atomic E-state index is 0.351. The van der Waals surface area contributed by atoms with Crippen LogP contribution in [0.4, 0.5) is 0 Å². The van der Waals surface area contributed by atoms with Gasteiger partial charge in [-0.2, -0.15) is 5.26 Å². The van der Waals surface area contributed by atoms with Crippen molar-refractivity contribution < 1.29 is 0 Å². The molecule has 0 bridgehead atoms. The third-order valence-electron chi connectivity index (χ3n) is 0.203. The lowest BCUT2D eigenvalue weighted by Crippen LogP contribution is -1.49. The van der Waals surface area contributed by atoms with Gasteiger partial charge in [-0.1, -0.05) is 11.6 Å². The van der Waals surface area contributed by atoms with E-state index in [4.69, 9.17) is 16.9 Å². The summed E-state index contributed by atoms with van der Waals surface area (Å²) in [6.07, 6.45) is 0. The number of nitrogens with zero attached hydrogens (tertiary/aromatic N) is 1. The molecule has 1 nitrogen and oxygen atoms in total. The zero-order valence-electron chi connectivity index (χ0n) is 2.78. The highest BCUT2D eigenvalue weighted by Crippen LogP contribution is 2.01. The van der Waals surface area contributed by atoms with Gasteiger partial charge in [-0.3, -0.25) is 0 Å². The van der Waals surface area contributed by atoms with Crippen molar-refractivity contribution in [2.45, 2.75) is 0 Å². The lowest BCUT2D eigenvalue weighted by atomic mass is 10.7. The van der Waals surface area contributed by atoms with E-state index in [-0.39, 0.29) is 0 Å². The van der Waals surface area contributed by atoms with Gasteiger partial charge in [-0.15, -0.1) is 0 Å². The second kappa shape index (κ2) is 3.20. The normalized spacial score (nSPS) is 10.5. The Morgan fingerprint density at radius 1 is 2.00 bits per heavy atom. The van der Waals surface area contributed by atoms with Gasteiger partial charge in [0.1, 0.15) is 10.6 Å². The minimum Gasteiger partial charge on any atom is -0.192 e. The zero-order chi connectivity index (χ0) is 4.99. The summed E-state index contributed by atoms with van der Waals surface area (Å²) in [6.45, 7) is 0. The first kappa shape index (κ1) is 6.00. The zero-order valence-corrected chi connectivity index (χ0v) is 5.12. The summed E-state index contributed by atoms with van der Waals surface area (Å²) >= 11 is 7.86. The molecule has 3 heteroatoms. The number of halogens is 2. The van der Waals surface area contributed by atoms with Crippen LogP contribution >= 0.6 is 27.5 Å². The summed E-state index contributed by atoms with van der Waals surface area (Å²) in [6, 6.07) is 1.76. The van der Waals surface area contributed by atoms with Gasteiger partial charge < -0.3 is 0 Å². The van der Waals surface area contributed by atoms with Crippen LogP contribution in [-0.4, -0.2) is 0 Å². The lowest BCUT2D eigenvalue weighted by Gasteiger charge is -1.65. The highest BCUT2D eigenvalue weighted by molar-refractivity contribution is 9.12. The molecule has 0 atom stereocenters. The first-order valence-corrected chi connectivity index (χ1v) is 2.40. The molecule has 0 aliphatic rings. The average molecular weight is 166 g/mol. The molecule has 0 radical (unpaired) electrons. The van der Waals surface area contributed by atoms with E-state index >= 15 is 0 Å². The summed E-state index contributed by atoms with van der Waals surface area (Å²) in [5.41, 5.74) is 1.17. The molecule has 0 saturated heterocycles. The highest BCUT2D eigenvalue weighted by atomic mass is 79.9. The Morgan fingerprint density at radius 2 is 2.50 bits per heavy atom. The Balaban J connectivity index is 3.61. The molecule has 0 N–H and O–H groups in total. The van der Waals surface area contributed by atoms with Crippen LogP contribution in [-0.2, 0) is 0 Å². The summed E-state index contributed by atoms with van der Waals surface area (Å²) in [5, 5.41) is 7.89. The summed E-state index contributed by atoms with van der Waals surface area (Å²) < 4.78 is 0.351. The summed E-state index contributed by atoms with van der Waals surface area (Å²) in [5.74, 6) is 0. The quantitative estimate of drug-likeness (QED) is 0.505. The van der Waals surface area contributed by atoms with E-state index in [1.54, 1.807) is 6.07 Å². The number of hydrogen-bond donors (Lipinski definition) is 0. The molecule has 0 amide bonds. The van der Waals surface area contributed by atoms with Crippen molar-refractivity contribution in [1.82, 2.24) is 0 Å². The van der Waals surface area contributed by atoms with Crippen LogP contribution in [0.15, 0.2) is 10.0 Å². The SMILES string of the molecule is N#C/C(Br)=C\Cl. The fourth-order valence-electron chi connectivity index (χ4n) is 0.0244. The fraction of sp³-hybridized carbons (Fsp3) is 0. The molecule has 32 valence electrons. The number of allylic oxidation sites excluding steroid dienone is 1. The molecule has 0 saturated carbocycles. The number of nitriles is 1. The maximum Gasteiger partial charge on any atom is 0.108 e.